The van der Waals surface area contributed by atoms with Gasteiger partial charge < -0.3 is 15.4 Å². The molecule has 2 aromatic carbocycles. The maximum atomic E-state index is 12.7. The minimum atomic E-state index is -0.494. The van der Waals surface area contributed by atoms with Gasteiger partial charge in [0, 0.05) is 27.2 Å². The minimum Gasteiger partial charge on any atom is -0.462 e. The van der Waals surface area contributed by atoms with Crippen LogP contribution in [0.2, 0.25) is 5.02 Å². The number of thiophene rings is 1. The molecule has 0 fully saturated rings. The van der Waals surface area contributed by atoms with E-state index in [1.807, 2.05) is 55.6 Å². The number of hydrogen-bond donors (Lipinski definition) is 2. The second-order valence-corrected chi connectivity index (χ2v) is 8.01. The smallest absolute Gasteiger partial charge is 0.341 e. The first kappa shape index (κ1) is 21.9. The first-order valence-corrected chi connectivity index (χ1v) is 10.8. The molecule has 1 amide bonds. The fraction of sp³-hybridized carbons (Fsp3) is 0.217. The van der Waals surface area contributed by atoms with Crippen molar-refractivity contribution in [2.75, 3.05) is 23.8 Å². The van der Waals surface area contributed by atoms with Gasteiger partial charge in [-0.25, -0.2) is 4.79 Å². The maximum absolute atomic E-state index is 12.7. The Labute approximate surface area is 185 Å². The quantitative estimate of drug-likeness (QED) is 0.446. The van der Waals surface area contributed by atoms with Gasteiger partial charge in [-0.3, -0.25) is 4.79 Å². The van der Waals surface area contributed by atoms with Crippen LogP contribution in [0, 0.1) is 13.8 Å². The van der Waals surface area contributed by atoms with E-state index in [0.717, 1.165) is 16.8 Å². The molecule has 5 nitrogen and oxygen atoms in total. The molecule has 0 aliphatic heterocycles. The van der Waals surface area contributed by atoms with Crippen LogP contribution in [0.25, 0.3) is 11.1 Å². The van der Waals surface area contributed by atoms with Gasteiger partial charge in [0.05, 0.1) is 13.2 Å². The number of aryl methyl sites for hydroxylation is 2. The summed E-state index contributed by atoms with van der Waals surface area (Å²) in [6.07, 6.45) is 0. The fourth-order valence-electron chi connectivity index (χ4n) is 3.17. The Bertz CT molecular complexity index is 1060. The van der Waals surface area contributed by atoms with E-state index >= 15 is 0 Å². The van der Waals surface area contributed by atoms with Crippen LogP contribution in [-0.2, 0) is 9.53 Å². The molecule has 0 saturated heterocycles. The number of anilines is 2. The SMILES string of the molecule is CCOC(=O)c1c(-c2ccccc2Cl)csc1NC(=O)CNc1c(C)cccc1C. The molecule has 0 saturated carbocycles. The van der Waals surface area contributed by atoms with E-state index < -0.39 is 5.97 Å². The van der Waals surface area contributed by atoms with E-state index in [1.54, 1.807) is 13.0 Å². The highest BCUT2D eigenvalue weighted by Crippen LogP contribution is 2.39. The number of carbonyl (C=O) groups is 2. The highest BCUT2D eigenvalue weighted by Gasteiger charge is 2.23. The number of hydrogen-bond acceptors (Lipinski definition) is 5. The van der Waals surface area contributed by atoms with Crippen molar-refractivity contribution in [2.24, 2.45) is 0 Å². The molecule has 0 aliphatic rings. The Balaban J connectivity index is 1.84. The van der Waals surface area contributed by atoms with Gasteiger partial charge >= 0.3 is 5.97 Å². The van der Waals surface area contributed by atoms with Gasteiger partial charge in [0.1, 0.15) is 10.6 Å². The molecule has 7 heteroatoms. The van der Waals surface area contributed by atoms with Crippen molar-refractivity contribution in [2.45, 2.75) is 20.8 Å². The summed E-state index contributed by atoms with van der Waals surface area (Å²) in [5.41, 5.74) is 4.73. The van der Waals surface area contributed by atoms with E-state index in [9.17, 15) is 9.59 Å². The lowest BCUT2D eigenvalue weighted by molar-refractivity contribution is -0.114. The zero-order valence-corrected chi connectivity index (χ0v) is 18.6. The number of amides is 1. The van der Waals surface area contributed by atoms with Crippen LogP contribution in [0.3, 0.4) is 0 Å². The molecule has 0 spiro atoms. The Morgan fingerprint density at radius 3 is 2.40 bits per heavy atom. The molecule has 0 aliphatic carbocycles. The Morgan fingerprint density at radius 2 is 1.73 bits per heavy atom. The molecule has 0 atom stereocenters. The van der Waals surface area contributed by atoms with Crippen molar-refractivity contribution in [1.82, 2.24) is 0 Å². The highest BCUT2D eigenvalue weighted by atomic mass is 35.5. The molecule has 3 aromatic rings. The number of esters is 1. The summed E-state index contributed by atoms with van der Waals surface area (Å²) in [6, 6.07) is 13.2. The standard InChI is InChI=1S/C23H23ClN2O3S/c1-4-29-23(28)20-17(16-10-5-6-11-18(16)24)13-30-22(20)26-19(27)12-25-21-14(2)8-7-9-15(21)3/h5-11,13,25H,4,12H2,1-3H3,(H,26,27). The predicted octanol–water partition coefficient (Wildman–Crippen LogP) is 5.91. The molecule has 1 aromatic heterocycles. The normalized spacial score (nSPS) is 10.5. The van der Waals surface area contributed by atoms with Gasteiger partial charge in [-0.2, -0.15) is 0 Å². The second-order valence-electron chi connectivity index (χ2n) is 6.72. The average Bonchev–Trinajstić information content (AvgIpc) is 3.11. The molecule has 3 rings (SSSR count). The molecule has 30 heavy (non-hydrogen) atoms. The Kier molecular flexibility index (Phi) is 7.13. The summed E-state index contributed by atoms with van der Waals surface area (Å²) < 4.78 is 5.23. The third kappa shape index (κ3) is 4.83. The number of halogens is 1. The van der Waals surface area contributed by atoms with Crippen LogP contribution >= 0.6 is 22.9 Å². The number of nitrogens with one attached hydrogen (secondary N) is 2. The number of benzene rings is 2. The molecule has 0 unspecified atom stereocenters. The van der Waals surface area contributed by atoms with Crippen molar-refractivity contribution in [3.63, 3.8) is 0 Å². The molecule has 2 N–H and O–H groups in total. The zero-order valence-electron chi connectivity index (χ0n) is 17.0. The summed E-state index contributed by atoms with van der Waals surface area (Å²) >= 11 is 7.60. The first-order chi connectivity index (χ1) is 14.4. The maximum Gasteiger partial charge on any atom is 0.341 e. The van der Waals surface area contributed by atoms with Gasteiger partial charge in [-0.15, -0.1) is 11.3 Å². The number of rotatable bonds is 7. The van der Waals surface area contributed by atoms with Crippen molar-refractivity contribution in [1.29, 1.82) is 0 Å². The monoisotopic (exact) mass is 442 g/mol. The van der Waals surface area contributed by atoms with E-state index in [4.69, 9.17) is 16.3 Å². The second kappa shape index (κ2) is 9.78. The first-order valence-electron chi connectivity index (χ1n) is 9.55. The number of carbonyl (C=O) groups excluding carboxylic acids is 2. The lowest BCUT2D eigenvalue weighted by Gasteiger charge is -2.13. The van der Waals surface area contributed by atoms with E-state index in [2.05, 4.69) is 10.6 Å². The minimum absolute atomic E-state index is 0.0767. The Hall–Kier alpha value is -2.83. The van der Waals surface area contributed by atoms with Crippen molar-refractivity contribution in [3.05, 3.63) is 69.6 Å². The average molecular weight is 443 g/mol. The largest absolute Gasteiger partial charge is 0.462 e. The molecule has 156 valence electrons. The van der Waals surface area contributed by atoms with Crippen LogP contribution in [0.5, 0.6) is 0 Å². The van der Waals surface area contributed by atoms with E-state index in [0.29, 0.717) is 26.7 Å². The van der Waals surface area contributed by atoms with Gasteiger partial charge in [0.15, 0.2) is 0 Å². The van der Waals surface area contributed by atoms with Crippen molar-refractivity contribution < 1.29 is 14.3 Å². The predicted molar refractivity (Wildman–Crippen MR) is 124 cm³/mol. The van der Waals surface area contributed by atoms with Gasteiger partial charge in [-0.1, -0.05) is 48.0 Å². The van der Waals surface area contributed by atoms with Crippen LogP contribution in [0.4, 0.5) is 10.7 Å². The molecule has 0 bridgehead atoms. The summed E-state index contributed by atoms with van der Waals surface area (Å²) in [7, 11) is 0. The number of para-hydroxylation sites is 1. The molecular formula is C23H23ClN2O3S. The third-order valence-electron chi connectivity index (χ3n) is 4.59. The highest BCUT2D eigenvalue weighted by molar-refractivity contribution is 7.15. The third-order valence-corrected chi connectivity index (χ3v) is 5.82. The fourth-order valence-corrected chi connectivity index (χ4v) is 4.37. The Morgan fingerprint density at radius 1 is 1.03 bits per heavy atom. The molecule has 1 heterocycles. The van der Waals surface area contributed by atoms with Gasteiger partial charge in [-0.05, 0) is 38.0 Å². The molecule has 0 radical (unpaired) electrons. The summed E-state index contributed by atoms with van der Waals surface area (Å²) in [5, 5.41) is 8.79. The zero-order chi connectivity index (χ0) is 21.7. The summed E-state index contributed by atoms with van der Waals surface area (Å²) in [4.78, 5) is 25.3. The summed E-state index contributed by atoms with van der Waals surface area (Å²) in [5.74, 6) is -0.748. The molecular weight excluding hydrogens is 420 g/mol. The topological polar surface area (TPSA) is 67.4 Å². The van der Waals surface area contributed by atoms with Crippen molar-refractivity contribution >= 4 is 45.5 Å². The van der Waals surface area contributed by atoms with Crippen LogP contribution < -0.4 is 10.6 Å². The lowest BCUT2D eigenvalue weighted by Crippen LogP contribution is -2.23. The van der Waals surface area contributed by atoms with Crippen molar-refractivity contribution in [3.8, 4) is 11.1 Å². The van der Waals surface area contributed by atoms with Gasteiger partial charge in [0.2, 0.25) is 5.91 Å². The van der Waals surface area contributed by atoms with Crippen LogP contribution in [0.1, 0.15) is 28.4 Å². The van der Waals surface area contributed by atoms with Crippen LogP contribution in [-0.4, -0.2) is 25.0 Å². The van der Waals surface area contributed by atoms with Crippen LogP contribution in [0.15, 0.2) is 47.8 Å². The lowest BCUT2D eigenvalue weighted by atomic mass is 10.0. The summed E-state index contributed by atoms with van der Waals surface area (Å²) in [6.45, 7) is 6.03. The van der Waals surface area contributed by atoms with E-state index in [-0.39, 0.29) is 19.1 Å². The van der Waals surface area contributed by atoms with E-state index in [1.165, 1.54) is 11.3 Å². The number of ether oxygens (including phenoxy) is 1. The van der Waals surface area contributed by atoms with Gasteiger partial charge in [0.25, 0.3) is 0 Å².